The first-order valence-corrected chi connectivity index (χ1v) is 9.26. The minimum absolute atomic E-state index is 0.0880. The van der Waals surface area contributed by atoms with E-state index in [0.717, 1.165) is 5.56 Å². The molecule has 0 radical (unpaired) electrons. The summed E-state index contributed by atoms with van der Waals surface area (Å²) in [5, 5.41) is 16.2. The maximum absolute atomic E-state index is 13.1. The van der Waals surface area contributed by atoms with Crippen LogP contribution < -0.4 is 0 Å². The number of hydrogen-bond donors (Lipinski definition) is 1. The van der Waals surface area contributed by atoms with Gasteiger partial charge in [0, 0.05) is 23.8 Å². The number of nitrogens with zero attached hydrogens (tertiary/aromatic N) is 3. The monoisotopic (exact) mass is 385 g/mol. The highest BCUT2D eigenvalue weighted by molar-refractivity contribution is 6.30. The van der Waals surface area contributed by atoms with Crippen molar-refractivity contribution in [2.45, 2.75) is 32.3 Å². The number of rotatable bonds is 2. The number of piperidine rings is 1. The van der Waals surface area contributed by atoms with E-state index in [2.05, 4.69) is 10.1 Å². The average Bonchev–Trinajstić information content (AvgIpc) is 3.02. The lowest BCUT2D eigenvalue weighted by atomic mass is 9.84. The second kappa shape index (κ2) is 6.62. The molecule has 0 unspecified atom stereocenters. The molecule has 1 fully saturated rings. The molecule has 3 aromatic rings. The fraction of sp³-hybridized carbons (Fsp3) is 0.350. The zero-order chi connectivity index (χ0) is 19.2. The molecular formula is C20H20ClN3O3. The van der Waals surface area contributed by atoms with Gasteiger partial charge < -0.3 is 14.5 Å². The SMILES string of the molecule is Cc1cc(C(=O)N2CCC(O)(c3ccc(Cl)cc3)CC2)c2c(C)noc2n1. The van der Waals surface area contributed by atoms with Gasteiger partial charge >= 0.3 is 0 Å². The molecule has 1 saturated heterocycles. The number of aryl methyl sites for hydroxylation is 2. The molecule has 140 valence electrons. The molecule has 1 amide bonds. The molecule has 4 rings (SSSR count). The number of amides is 1. The van der Waals surface area contributed by atoms with Crippen LogP contribution in [0.5, 0.6) is 0 Å². The lowest BCUT2D eigenvalue weighted by Gasteiger charge is -2.38. The lowest BCUT2D eigenvalue weighted by molar-refractivity contribution is -0.0211. The molecule has 0 atom stereocenters. The number of pyridine rings is 1. The summed E-state index contributed by atoms with van der Waals surface area (Å²) in [5.74, 6) is -0.0880. The van der Waals surface area contributed by atoms with Crippen LogP contribution in [0.3, 0.4) is 0 Å². The molecule has 1 aliphatic heterocycles. The standard InChI is InChI=1S/C20H20ClN3O3/c1-12-11-16(17-13(2)23-27-18(17)22-12)19(25)24-9-7-20(26,8-10-24)14-3-5-15(21)6-4-14/h3-6,11,26H,7-10H2,1-2H3. The van der Waals surface area contributed by atoms with Crippen molar-refractivity contribution >= 4 is 28.6 Å². The van der Waals surface area contributed by atoms with Gasteiger partial charge in [-0.15, -0.1) is 0 Å². The van der Waals surface area contributed by atoms with Crippen LogP contribution in [-0.4, -0.2) is 39.1 Å². The maximum atomic E-state index is 13.1. The van der Waals surface area contributed by atoms with Gasteiger partial charge in [0.15, 0.2) is 0 Å². The Morgan fingerprint density at radius 2 is 1.89 bits per heavy atom. The van der Waals surface area contributed by atoms with E-state index in [-0.39, 0.29) is 5.91 Å². The third kappa shape index (κ3) is 3.19. The fourth-order valence-corrected chi connectivity index (χ4v) is 3.81. The number of fused-ring (bicyclic) bond motifs is 1. The average molecular weight is 386 g/mol. The van der Waals surface area contributed by atoms with Gasteiger partial charge in [-0.2, -0.15) is 0 Å². The first-order valence-electron chi connectivity index (χ1n) is 8.89. The summed E-state index contributed by atoms with van der Waals surface area (Å²) >= 11 is 5.94. The Kier molecular flexibility index (Phi) is 4.40. The van der Waals surface area contributed by atoms with Crippen molar-refractivity contribution in [1.82, 2.24) is 15.0 Å². The Hall–Kier alpha value is -2.44. The van der Waals surface area contributed by atoms with Crippen molar-refractivity contribution in [3.8, 4) is 0 Å². The summed E-state index contributed by atoms with van der Waals surface area (Å²) in [5.41, 5.74) is 2.17. The molecule has 27 heavy (non-hydrogen) atoms. The molecule has 3 heterocycles. The smallest absolute Gasteiger partial charge is 0.258 e. The minimum Gasteiger partial charge on any atom is -0.385 e. The van der Waals surface area contributed by atoms with Gasteiger partial charge in [-0.1, -0.05) is 28.9 Å². The van der Waals surface area contributed by atoms with Crippen LogP contribution in [-0.2, 0) is 5.60 Å². The second-order valence-corrected chi connectivity index (χ2v) is 7.53. The summed E-state index contributed by atoms with van der Waals surface area (Å²) in [6.07, 6.45) is 0.937. The summed E-state index contributed by atoms with van der Waals surface area (Å²) in [6.45, 7) is 4.55. The van der Waals surface area contributed by atoms with Crippen LogP contribution in [0.1, 0.15) is 40.2 Å². The third-order valence-corrected chi connectivity index (χ3v) is 5.49. The molecule has 7 heteroatoms. The molecule has 6 nitrogen and oxygen atoms in total. The highest BCUT2D eigenvalue weighted by Gasteiger charge is 2.36. The maximum Gasteiger partial charge on any atom is 0.258 e. The Morgan fingerprint density at radius 1 is 1.22 bits per heavy atom. The van der Waals surface area contributed by atoms with E-state index in [4.69, 9.17) is 16.1 Å². The Balaban J connectivity index is 1.57. The van der Waals surface area contributed by atoms with Crippen molar-refractivity contribution in [3.63, 3.8) is 0 Å². The Bertz CT molecular complexity index is 1010. The van der Waals surface area contributed by atoms with Crippen LogP contribution >= 0.6 is 11.6 Å². The number of hydrogen-bond acceptors (Lipinski definition) is 5. The number of likely N-dealkylation sites (tertiary alicyclic amines) is 1. The summed E-state index contributed by atoms with van der Waals surface area (Å²) in [7, 11) is 0. The molecule has 2 aromatic heterocycles. The normalized spacial score (nSPS) is 16.7. The van der Waals surface area contributed by atoms with Crippen LogP contribution in [0.4, 0.5) is 0 Å². The molecule has 0 bridgehead atoms. The van der Waals surface area contributed by atoms with Crippen molar-refractivity contribution in [2.75, 3.05) is 13.1 Å². The molecule has 1 N–H and O–H groups in total. The lowest BCUT2D eigenvalue weighted by Crippen LogP contribution is -2.45. The van der Waals surface area contributed by atoms with Crippen LogP contribution in [0, 0.1) is 13.8 Å². The van der Waals surface area contributed by atoms with Crippen molar-refractivity contribution in [1.29, 1.82) is 0 Å². The largest absolute Gasteiger partial charge is 0.385 e. The Morgan fingerprint density at radius 3 is 2.56 bits per heavy atom. The topological polar surface area (TPSA) is 79.5 Å². The zero-order valence-corrected chi connectivity index (χ0v) is 16.0. The van der Waals surface area contributed by atoms with Gasteiger partial charge in [-0.05, 0) is 50.5 Å². The molecule has 1 aliphatic rings. The quantitative estimate of drug-likeness (QED) is 0.728. The van der Waals surface area contributed by atoms with Gasteiger partial charge in [0.2, 0.25) is 0 Å². The van der Waals surface area contributed by atoms with Crippen LogP contribution in [0.2, 0.25) is 5.02 Å². The number of benzene rings is 1. The van der Waals surface area contributed by atoms with Crippen LogP contribution in [0.25, 0.3) is 11.1 Å². The summed E-state index contributed by atoms with van der Waals surface area (Å²) in [6, 6.07) is 9.01. The Labute approximate surface area is 161 Å². The number of carbonyl (C=O) groups excluding carboxylic acids is 1. The van der Waals surface area contributed by atoms with E-state index >= 15 is 0 Å². The third-order valence-electron chi connectivity index (χ3n) is 5.23. The van der Waals surface area contributed by atoms with E-state index < -0.39 is 5.60 Å². The predicted octanol–water partition coefficient (Wildman–Crippen LogP) is 3.62. The van der Waals surface area contributed by atoms with E-state index in [1.807, 2.05) is 19.1 Å². The highest BCUT2D eigenvalue weighted by Crippen LogP contribution is 2.34. The molecule has 0 aliphatic carbocycles. The van der Waals surface area contributed by atoms with Gasteiger partial charge in [0.05, 0.1) is 22.2 Å². The van der Waals surface area contributed by atoms with E-state index in [1.165, 1.54) is 0 Å². The zero-order valence-electron chi connectivity index (χ0n) is 15.2. The number of halogens is 1. The fourth-order valence-electron chi connectivity index (χ4n) is 3.69. The first-order chi connectivity index (χ1) is 12.9. The van der Waals surface area contributed by atoms with Gasteiger partial charge in [-0.3, -0.25) is 4.79 Å². The summed E-state index contributed by atoms with van der Waals surface area (Å²) < 4.78 is 5.23. The van der Waals surface area contributed by atoms with Crippen molar-refractivity contribution in [2.24, 2.45) is 0 Å². The van der Waals surface area contributed by atoms with Crippen molar-refractivity contribution < 1.29 is 14.4 Å². The van der Waals surface area contributed by atoms with Gasteiger partial charge in [0.1, 0.15) is 0 Å². The minimum atomic E-state index is -0.946. The number of aliphatic hydroxyl groups is 1. The molecular weight excluding hydrogens is 366 g/mol. The first kappa shape index (κ1) is 17.9. The summed E-state index contributed by atoms with van der Waals surface area (Å²) in [4.78, 5) is 19.2. The highest BCUT2D eigenvalue weighted by atomic mass is 35.5. The van der Waals surface area contributed by atoms with E-state index in [0.29, 0.717) is 59.0 Å². The number of carbonyl (C=O) groups is 1. The van der Waals surface area contributed by atoms with Crippen LogP contribution in [0.15, 0.2) is 34.9 Å². The van der Waals surface area contributed by atoms with Crippen molar-refractivity contribution in [3.05, 3.63) is 57.9 Å². The molecule has 1 aromatic carbocycles. The van der Waals surface area contributed by atoms with Gasteiger partial charge in [0.25, 0.3) is 11.6 Å². The van der Waals surface area contributed by atoms with E-state index in [1.54, 1.807) is 30.0 Å². The molecule has 0 spiro atoms. The number of aromatic nitrogens is 2. The predicted molar refractivity (Wildman–Crippen MR) is 102 cm³/mol. The second-order valence-electron chi connectivity index (χ2n) is 7.09. The molecule has 0 saturated carbocycles. The van der Waals surface area contributed by atoms with E-state index in [9.17, 15) is 9.90 Å². The van der Waals surface area contributed by atoms with Gasteiger partial charge in [-0.25, -0.2) is 4.98 Å².